The van der Waals surface area contributed by atoms with E-state index in [0.29, 0.717) is 10.3 Å². The number of aromatic nitrogens is 4. The van der Waals surface area contributed by atoms with Crippen LogP contribution in [0.25, 0.3) is 0 Å². The minimum Gasteiger partial charge on any atom is -0.262 e. The van der Waals surface area contributed by atoms with Gasteiger partial charge in [-0.2, -0.15) is 9.40 Å². The standard InChI is InChI=1S/C9H9BrClN5O2S/c1-16(4-8-13-5-14-15-8)19(17,18)7-2-6(10)3-12-9(7)11/h2-3,5H,4H2,1H3,(H,13,14,15). The summed E-state index contributed by atoms with van der Waals surface area (Å²) in [5.41, 5.74) is 0. The SMILES string of the molecule is CN(Cc1ncn[nH]1)S(=O)(=O)c1cc(Br)cnc1Cl. The van der Waals surface area contributed by atoms with E-state index in [1.54, 1.807) is 0 Å². The fourth-order valence-corrected chi connectivity index (χ4v) is 3.40. The molecule has 2 heterocycles. The van der Waals surface area contributed by atoms with Crippen molar-refractivity contribution in [3.8, 4) is 0 Å². The van der Waals surface area contributed by atoms with Crippen LogP contribution in [0, 0.1) is 0 Å². The highest BCUT2D eigenvalue weighted by atomic mass is 79.9. The third-order valence-electron chi connectivity index (χ3n) is 2.30. The summed E-state index contributed by atoms with van der Waals surface area (Å²) >= 11 is 9.00. The van der Waals surface area contributed by atoms with Crippen molar-refractivity contribution in [1.29, 1.82) is 0 Å². The monoisotopic (exact) mass is 365 g/mol. The van der Waals surface area contributed by atoms with Gasteiger partial charge in [-0.25, -0.2) is 18.4 Å². The molecule has 0 unspecified atom stereocenters. The van der Waals surface area contributed by atoms with Gasteiger partial charge in [0, 0.05) is 17.7 Å². The Bertz CT molecular complexity index is 676. The van der Waals surface area contributed by atoms with Crippen LogP contribution in [-0.4, -0.2) is 39.9 Å². The molecule has 0 aliphatic heterocycles. The van der Waals surface area contributed by atoms with Gasteiger partial charge in [-0.1, -0.05) is 11.6 Å². The van der Waals surface area contributed by atoms with Crippen LogP contribution in [0.1, 0.15) is 5.82 Å². The Kier molecular flexibility index (Phi) is 4.19. The Morgan fingerprint density at radius 3 is 2.84 bits per heavy atom. The molecule has 0 aromatic carbocycles. The number of halogens is 2. The van der Waals surface area contributed by atoms with Crippen LogP contribution in [0.5, 0.6) is 0 Å². The van der Waals surface area contributed by atoms with E-state index in [0.717, 1.165) is 4.31 Å². The topological polar surface area (TPSA) is 91.8 Å². The summed E-state index contributed by atoms with van der Waals surface area (Å²) in [4.78, 5) is 7.61. The number of hydrogen-bond donors (Lipinski definition) is 1. The van der Waals surface area contributed by atoms with Gasteiger partial charge in [0.2, 0.25) is 10.0 Å². The van der Waals surface area contributed by atoms with Crippen LogP contribution in [0.2, 0.25) is 5.15 Å². The number of aromatic amines is 1. The van der Waals surface area contributed by atoms with Crippen LogP contribution < -0.4 is 0 Å². The number of sulfonamides is 1. The smallest absolute Gasteiger partial charge is 0.246 e. The van der Waals surface area contributed by atoms with E-state index >= 15 is 0 Å². The van der Waals surface area contributed by atoms with Crippen molar-refractivity contribution in [3.63, 3.8) is 0 Å². The van der Waals surface area contributed by atoms with Gasteiger partial charge in [-0.15, -0.1) is 0 Å². The summed E-state index contributed by atoms with van der Waals surface area (Å²) < 4.78 is 26.3. The molecule has 0 saturated heterocycles. The average molecular weight is 367 g/mol. The second-order valence-electron chi connectivity index (χ2n) is 3.64. The first kappa shape index (κ1) is 14.4. The summed E-state index contributed by atoms with van der Waals surface area (Å²) in [5, 5.41) is 6.17. The highest BCUT2D eigenvalue weighted by Crippen LogP contribution is 2.25. The molecule has 10 heteroatoms. The van der Waals surface area contributed by atoms with Crippen LogP contribution in [0.15, 0.2) is 28.0 Å². The molecule has 0 fully saturated rings. The van der Waals surface area contributed by atoms with Gasteiger partial charge in [-0.3, -0.25) is 5.10 Å². The lowest BCUT2D eigenvalue weighted by atomic mass is 10.5. The molecule has 0 atom stereocenters. The van der Waals surface area contributed by atoms with Gasteiger partial charge in [-0.05, 0) is 22.0 Å². The Balaban J connectivity index is 2.33. The lowest BCUT2D eigenvalue weighted by Crippen LogP contribution is -2.27. The minimum atomic E-state index is -3.75. The molecule has 0 spiro atoms. The summed E-state index contributed by atoms with van der Waals surface area (Å²) in [5.74, 6) is 0.435. The number of pyridine rings is 1. The number of nitrogens with one attached hydrogen (secondary N) is 1. The highest BCUT2D eigenvalue weighted by Gasteiger charge is 2.25. The zero-order valence-corrected chi connectivity index (χ0v) is 12.9. The number of hydrogen-bond acceptors (Lipinski definition) is 5. The maximum Gasteiger partial charge on any atom is 0.246 e. The quantitative estimate of drug-likeness (QED) is 0.827. The Morgan fingerprint density at radius 2 is 2.21 bits per heavy atom. The van der Waals surface area contributed by atoms with Crippen molar-refractivity contribution < 1.29 is 8.42 Å². The van der Waals surface area contributed by atoms with Crippen LogP contribution in [0.3, 0.4) is 0 Å². The second-order valence-corrected chi connectivity index (χ2v) is 6.92. The lowest BCUT2D eigenvalue weighted by Gasteiger charge is -2.16. The Morgan fingerprint density at radius 1 is 1.47 bits per heavy atom. The molecule has 102 valence electrons. The van der Waals surface area contributed by atoms with E-state index in [-0.39, 0.29) is 16.6 Å². The molecule has 0 aliphatic carbocycles. The predicted molar refractivity (Wildman–Crippen MR) is 72.0 cm³/mol. The van der Waals surface area contributed by atoms with Crippen molar-refractivity contribution in [2.75, 3.05) is 7.05 Å². The van der Waals surface area contributed by atoms with E-state index in [2.05, 4.69) is 36.1 Å². The number of rotatable bonds is 4. The van der Waals surface area contributed by atoms with Crippen molar-refractivity contribution in [2.45, 2.75) is 11.4 Å². The van der Waals surface area contributed by atoms with Crippen LogP contribution >= 0.6 is 27.5 Å². The third-order valence-corrected chi connectivity index (χ3v) is 4.96. The first-order valence-corrected chi connectivity index (χ1v) is 7.64. The summed E-state index contributed by atoms with van der Waals surface area (Å²) in [7, 11) is -2.32. The zero-order chi connectivity index (χ0) is 14.0. The van der Waals surface area contributed by atoms with Gasteiger partial charge in [0.15, 0.2) is 0 Å². The maximum absolute atomic E-state index is 12.4. The second kappa shape index (κ2) is 5.53. The average Bonchev–Trinajstić information content (AvgIpc) is 2.85. The van der Waals surface area contributed by atoms with Crippen LogP contribution in [-0.2, 0) is 16.6 Å². The molecule has 1 N–H and O–H groups in total. The molecular weight excluding hydrogens is 358 g/mol. The van der Waals surface area contributed by atoms with Gasteiger partial charge < -0.3 is 0 Å². The molecular formula is C9H9BrClN5O2S. The molecule has 2 aromatic rings. The van der Waals surface area contributed by atoms with Crippen molar-refractivity contribution in [3.05, 3.63) is 34.0 Å². The fourth-order valence-electron chi connectivity index (χ4n) is 1.36. The first-order chi connectivity index (χ1) is 8.91. The van der Waals surface area contributed by atoms with Gasteiger partial charge in [0.05, 0.1) is 6.54 Å². The zero-order valence-electron chi connectivity index (χ0n) is 9.71. The van der Waals surface area contributed by atoms with Gasteiger partial charge in [0.1, 0.15) is 22.2 Å². The first-order valence-electron chi connectivity index (χ1n) is 5.03. The highest BCUT2D eigenvalue weighted by molar-refractivity contribution is 9.10. The molecule has 2 rings (SSSR count). The molecule has 7 nitrogen and oxygen atoms in total. The van der Waals surface area contributed by atoms with Crippen LogP contribution in [0.4, 0.5) is 0 Å². The molecule has 0 radical (unpaired) electrons. The molecule has 0 saturated carbocycles. The predicted octanol–water partition coefficient (Wildman–Crippen LogP) is 1.44. The summed E-state index contributed by atoms with van der Waals surface area (Å²) in [6, 6.07) is 1.40. The molecule has 0 bridgehead atoms. The minimum absolute atomic E-state index is 0.0607. The summed E-state index contributed by atoms with van der Waals surface area (Å²) in [6.45, 7) is 0.0607. The van der Waals surface area contributed by atoms with Crippen molar-refractivity contribution in [2.24, 2.45) is 0 Å². The number of H-pyrrole nitrogens is 1. The normalized spacial score (nSPS) is 12.0. The summed E-state index contributed by atoms with van der Waals surface area (Å²) in [6.07, 6.45) is 2.74. The van der Waals surface area contributed by atoms with Crippen molar-refractivity contribution in [1.82, 2.24) is 24.5 Å². The Labute approximate surface area is 123 Å². The maximum atomic E-state index is 12.4. The molecule has 0 amide bonds. The van der Waals surface area contributed by atoms with E-state index in [1.165, 1.54) is 25.6 Å². The van der Waals surface area contributed by atoms with E-state index in [9.17, 15) is 8.42 Å². The van der Waals surface area contributed by atoms with Gasteiger partial charge >= 0.3 is 0 Å². The number of nitrogens with zero attached hydrogens (tertiary/aromatic N) is 4. The molecule has 2 aromatic heterocycles. The third kappa shape index (κ3) is 3.11. The largest absolute Gasteiger partial charge is 0.262 e. The molecule has 0 aliphatic rings. The van der Waals surface area contributed by atoms with E-state index < -0.39 is 10.0 Å². The van der Waals surface area contributed by atoms with E-state index in [4.69, 9.17) is 11.6 Å². The van der Waals surface area contributed by atoms with Gasteiger partial charge in [0.25, 0.3) is 0 Å². The Hall–Kier alpha value is -1.03. The van der Waals surface area contributed by atoms with E-state index in [1.807, 2.05) is 0 Å². The van der Waals surface area contributed by atoms with Crippen molar-refractivity contribution >= 4 is 37.6 Å². The fraction of sp³-hybridized carbons (Fsp3) is 0.222. The molecule has 19 heavy (non-hydrogen) atoms. The lowest BCUT2D eigenvalue weighted by molar-refractivity contribution is 0.457.